The van der Waals surface area contributed by atoms with Crippen LogP contribution in [0.15, 0.2) is 40.2 Å². The molecule has 0 radical (unpaired) electrons. The number of benzene rings is 1. The van der Waals surface area contributed by atoms with Crippen molar-refractivity contribution < 1.29 is 19.1 Å². The van der Waals surface area contributed by atoms with Gasteiger partial charge in [-0.05, 0) is 44.6 Å². The van der Waals surface area contributed by atoms with Crippen LogP contribution in [0.4, 0.5) is 0 Å². The van der Waals surface area contributed by atoms with Gasteiger partial charge in [0.1, 0.15) is 0 Å². The Morgan fingerprint density at radius 2 is 1.89 bits per heavy atom. The van der Waals surface area contributed by atoms with E-state index in [2.05, 4.69) is 40.5 Å². The Bertz CT molecular complexity index is 1300. The fraction of sp³-hybridized carbons (Fsp3) is 0.552. The molecule has 1 aromatic heterocycles. The molecule has 2 saturated heterocycles. The van der Waals surface area contributed by atoms with Gasteiger partial charge in [-0.25, -0.2) is 4.99 Å². The molecule has 2 fully saturated rings. The number of para-hydroxylation sites is 1. The lowest BCUT2D eigenvalue weighted by Gasteiger charge is -2.51. The van der Waals surface area contributed by atoms with E-state index in [1.165, 1.54) is 11.8 Å². The molecule has 4 heterocycles. The maximum absolute atomic E-state index is 13.5. The summed E-state index contributed by atoms with van der Waals surface area (Å²) in [5, 5.41) is 3.89. The van der Waals surface area contributed by atoms with Gasteiger partial charge in [-0.15, -0.1) is 11.8 Å². The monoisotopic (exact) mass is 538 g/mol. The van der Waals surface area contributed by atoms with Gasteiger partial charge in [0.25, 0.3) is 11.8 Å². The van der Waals surface area contributed by atoms with E-state index >= 15 is 0 Å². The van der Waals surface area contributed by atoms with Gasteiger partial charge in [-0.1, -0.05) is 32.0 Å². The molecular weight excluding hydrogens is 500 g/mol. The largest absolute Gasteiger partial charge is 0.351 e. The third kappa shape index (κ3) is 5.09. The van der Waals surface area contributed by atoms with Gasteiger partial charge >= 0.3 is 0 Å². The topological polar surface area (TPSA) is 85.2 Å². The average Bonchev–Trinajstić information content (AvgIpc) is 3.17. The molecule has 2 atom stereocenters. The minimum atomic E-state index is -0.459. The van der Waals surface area contributed by atoms with Crippen LogP contribution < -0.4 is 5.32 Å². The van der Waals surface area contributed by atoms with Crippen molar-refractivity contribution in [3.63, 3.8) is 0 Å². The van der Waals surface area contributed by atoms with Gasteiger partial charge in [-0.3, -0.25) is 14.5 Å². The molecule has 3 aliphatic heterocycles. The number of thioether (sulfide) groups is 1. The van der Waals surface area contributed by atoms with Crippen molar-refractivity contribution in [1.82, 2.24) is 14.8 Å². The molecule has 2 amide bonds. The van der Waals surface area contributed by atoms with Gasteiger partial charge in [0.15, 0.2) is 6.29 Å². The summed E-state index contributed by atoms with van der Waals surface area (Å²) in [6.07, 6.45) is 3.45. The molecule has 1 aromatic carbocycles. The Morgan fingerprint density at radius 3 is 2.55 bits per heavy atom. The molecule has 3 aliphatic rings. The highest BCUT2D eigenvalue weighted by Gasteiger charge is 2.41. The molecule has 204 valence electrons. The second kappa shape index (κ2) is 10.6. The van der Waals surface area contributed by atoms with E-state index in [0.717, 1.165) is 34.6 Å². The molecule has 1 N–H and O–H groups in total. The van der Waals surface area contributed by atoms with Crippen molar-refractivity contribution in [2.45, 2.75) is 53.0 Å². The number of aromatic nitrogens is 1. The smallest absolute Gasteiger partial charge is 0.255 e. The van der Waals surface area contributed by atoms with Crippen LogP contribution in [0.2, 0.25) is 0 Å². The summed E-state index contributed by atoms with van der Waals surface area (Å²) in [4.78, 5) is 33.6. The molecule has 9 heteroatoms. The summed E-state index contributed by atoms with van der Waals surface area (Å²) in [7, 11) is 0. The zero-order valence-electron chi connectivity index (χ0n) is 23.1. The number of likely N-dealkylation sites (tertiary alicyclic amines) is 1. The minimum Gasteiger partial charge on any atom is -0.351 e. The SMILES string of the molecule is CSC1=CC(C)=NC(=O)C1CNC(=O)c1c(C)n([C@H](C)C2OCC(N3CC(C)(C)C3)CO2)c2ccccc12. The molecule has 0 saturated carbocycles. The first-order chi connectivity index (χ1) is 18.1. The predicted octanol–water partition coefficient (Wildman–Crippen LogP) is 4.19. The van der Waals surface area contributed by atoms with Crippen molar-refractivity contribution in [1.29, 1.82) is 0 Å². The molecule has 0 bridgehead atoms. The van der Waals surface area contributed by atoms with Crippen LogP contribution in [0, 0.1) is 18.3 Å². The number of fused-ring (bicyclic) bond motifs is 1. The van der Waals surface area contributed by atoms with Crippen LogP contribution in [0.25, 0.3) is 10.9 Å². The Labute approximate surface area is 228 Å². The van der Waals surface area contributed by atoms with Gasteiger partial charge < -0.3 is 19.4 Å². The minimum absolute atomic E-state index is 0.126. The summed E-state index contributed by atoms with van der Waals surface area (Å²) >= 11 is 1.52. The lowest BCUT2D eigenvalue weighted by atomic mass is 9.83. The van der Waals surface area contributed by atoms with Gasteiger partial charge in [0.2, 0.25) is 0 Å². The van der Waals surface area contributed by atoms with Crippen molar-refractivity contribution in [3.05, 3.63) is 46.5 Å². The number of ether oxygens (including phenoxy) is 2. The quantitative estimate of drug-likeness (QED) is 0.569. The number of hydrogen-bond donors (Lipinski definition) is 1. The van der Waals surface area contributed by atoms with E-state index in [4.69, 9.17) is 9.47 Å². The molecule has 38 heavy (non-hydrogen) atoms. The fourth-order valence-electron chi connectivity index (χ4n) is 6.02. The molecule has 1 unspecified atom stereocenters. The van der Waals surface area contributed by atoms with E-state index in [1.807, 2.05) is 50.4 Å². The third-order valence-electron chi connectivity index (χ3n) is 7.85. The zero-order valence-corrected chi connectivity index (χ0v) is 23.9. The highest BCUT2D eigenvalue weighted by Crippen LogP contribution is 2.35. The van der Waals surface area contributed by atoms with E-state index in [0.29, 0.717) is 29.9 Å². The van der Waals surface area contributed by atoms with E-state index < -0.39 is 12.2 Å². The number of nitrogens with zero attached hydrogens (tertiary/aromatic N) is 3. The van der Waals surface area contributed by atoms with Crippen molar-refractivity contribution >= 4 is 40.2 Å². The first-order valence-electron chi connectivity index (χ1n) is 13.3. The Hall–Kier alpha value is -2.46. The first kappa shape index (κ1) is 27.1. The highest BCUT2D eigenvalue weighted by molar-refractivity contribution is 8.02. The number of rotatable bonds is 7. The maximum Gasteiger partial charge on any atom is 0.255 e. The summed E-state index contributed by atoms with van der Waals surface area (Å²) in [5.74, 6) is -0.872. The number of amides is 2. The lowest BCUT2D eigenvalue weighted by molar-refractivity contribution is -0.231. The molecular formula is C29H38N4O4S. The summed E-state index contributed by atoms with van der Waals surface area (Å²) in [6.45, 7) is 14.0. The van der Waals surface area contributed by atoms with E-state index in [9.17, 15) is 9.59 Å². The highest BCUT2D eigenvalue weighted by atomic mass is 32.2. The summed E-state index contributed by atoms with van der Waals surface area (Å²) < 4.78 is 14.6. The normalized spacial score (nSPS) is 26.5. The van der Waals surface area contributed by atoms with Crippen LogP contribution in [-0.4, -0.2) is 78.4 Å². The number of allylic oxidation sites excluding steroid dienone is 1. The molecule has 0 spiro atoms. The predicted molar refractivity (Wildman–Crippen MR) is 152 cm³/mol. The van der Waals surface area contributed by atoms with Crippen molar-refractivity contribution in [3.8, 4) is 0 Å². The summed E-state index contributed by atoms with van der Waals surface area (Å²) in [6, 6.07) is 8.08. The number of nitrogens with one attached hydrogen (secondary N) is 1. The zero-order chi connectivity index (χ0) is 27.2. The molecule has 8 nitrogen and oxygen atoms in total. The number of carbonyl (C=O) groups is 2. The molecule has 2 aromatic rings. The Morgan fingerprint density at radius 1 is 1.21 bits per heavy atom. The van der Waals surface area contributed by atoms with Crippen LogP contribution in [0.5, 0.6) is 0 Å². The van der Waals surface area contributed by atoms with E-state index in [-0.39, 0.29) is 30.4 Å². The molecule has 5 rings (SSSR count). The van der Waals surface area contributed by atoms with Crippen LogP contribution >= 0.6 is 11.8 Å². The van der Waals surface area contributed by atoms with Gasteiger partial charge in [-0.2, -0.15) is 0 Å². The summed E-state index contributed by atoms with van der Waals surface area (Å²) in [5.41, 5.74) is 3.48. The van der Waals surface area contributed by atoms with Crippen molar-refractivity contribution in [2.75, 3.05) is 39.1 Å². The van der Waals surface area contributed by atoms with Crippen molar-refractivity contribution in [2.24, 2.45) is 16.3 Å². The lowest BCUT2D eigenvalue weighted by Crippen LogP contribution is -2.61. The molecule has 0 aliphatic carbocycles. The Balaban J connectivity index is 1.32. The van der Waals surface area contributed by atoms with Gasteiger partial charge in [0.05, 0.1) is 36.8 Å². The van der Waals surface area contributed by atoms with Crippen LogP contribution in [0.3, 0.4) is 0 Å². The van der Waals surface area contributed by atoms with Crippen LogP contribution in [0.1, 0.15) is 49.8 Å². The number of carbonyl (C=O) groups excluding carboxylic acids is 2. The fourth-order valence-corrected chi connectivity index (χ4v) is 6.77. The standard InChI is InChI=1S/C29H38N4O4S/c1-17-11-24(38-6)22(26(34)31-17)12-30-27(35)25-18(2)33(23-10-8-7-9-21(23)25)19(3)28-36-13-20(14-37-28)32-15-29(4,5)16-32/h7-11,19-20,22,28H,12-16H2,1-6H3,(H,30,35)/t19-,20?,22?,28?/m1/s1. The number of aliphatic imine (C=N–C) groups is 1. The Kier molecular flexibility index (Phi) is 7.57. The maximum atomic E-state index is 13.5. The second-order valence-corrected chi connectivity index (χ2v) is 12.3. The van der Waals surface area contributed by atoms with E-state index in [1.54, 1.807) is 0 Å². The number of dihydropyridines is 1. The van der Waals surface area contributed by atoms with Crippen LogP contribution in [-0.2, 0) is 14.3 Å². The van der Waals surface area contributed by atoms with Gasteiger partial charge in [0, 0.05) is 46.8 Å². The number of hydrogen-bond acceptors (Lipinski definition) is 6. The first-order valence-corrected chi connectivity index (χ1v) is 14.5. The third-order valence-corrected chi connectivity index (χ3v) is 8.72. The average molecular weight is 539 g/mol. The second-order valence-electron chi connectivity index (χ2n) is 11.5.